The van der Waals surface area contributed by atoms with Crippen LogP contribution in [0.3, 0.4) is 0 Å². The highest BCUT2D eigenvalue weighted by Crippen LogP contribution is 2.49. The van der Waals surface area contributed by atoms with Gasteiger partial charge >= 0.3 is 0 Å². The number of ketones is 1. The van der Waals surface area contributed by atoms with Crippen LogP contribution < -0.4 is 19.7 Å². The lowest BCUT2D eigenvalue weighted by Crippen LogP contribution is -2.49. The van der Waals surface area contributed by atoms with Crippen molar-refractivity contribution in [3.8, 4) is 11.5 Å². The van der Waals surface area contributed by atoms with Crippen molar-refractivity contribution in [1.29, 1.82) is 0 Å². The third kappa shape index (κ3) is 6.49. The molecule has 1 saturated heterocycles. The number of piperidine rings is 1. The number of anilines is 2. The summed E-state index contributed by atoms with van der Waals surface area (Å²) >= 11 is 0. The van der Waals surface area contributed by atoms with Crippen LogP contribution in [0.4, 0.5) is 11.4 Å². The molecule has 8 nitrogen and oxygen atoms in total. The summed E-state index contributed by atoms with van der Waals surface area (Å²) in [4.78, 5) is 32.7. The first-order valence-electron chi connectivity index (χ1n) is 17.8. The van der Waals surface area contributed by atoms with Gasteiger partial charge in [0, 0.05) is 30.8 Å². The molecule has 2 heterocycles. The quantitative estimate of drug-likeness (QED) is 0.199. The number of nitrogens with one attached hydrogen (secondary N) is 1. The summed E-state index contributed by atoms with van der Waals surface area (Å²) < 4.78 is 11.3. The molecule has 4 aromatic carbocycles. The number of carbonyl (C=O) groups is 2. The van der Waals surface area contributed by atoms with E-state index in [1.54, 1.807) is 14.2 Å². The van der Waals surface area contributed by atoms with Crippen LogP contribution >= 0.6 is 0 Å². The highest BCUT2D eigenvalue weighted by atomic mass is 16.5. The van der Waals surface area contributed by atoms with Crippen molar-refractivity contribution in [2.45, 2.75) is 51.2 Å². The number of fused-ring (bicyclic) bond motifs is 1. The van der Waals surface area contributed by atoms with Gasteiger partial charge in [0.2, 0.25) is 5.91 Å². The molecule has 264 valence electrons. The van der Waals surface area contributed by atoms with Crippen molar-refractivity contribution >= 4 is 23.1 Å². The summed E-state index contributed by atoms with van der Waals surface area (Å²) in [6, 6.07) is 32.9. The Bertz CT molecular complexity index is 1890. The maximum atomic E-state index is 14.5. The number of rotatable bonds is 8. The normalized spacial score (nSPS) is 19.1. The minimum absolute atomic E-state index is 0.0238. The van der Waals surface area contributed by atoms with Crippen LogP contribution in [0.1, 0.15) is 62.3 Å². The number of para-hydroxylation sites is 2. The maximum Gasteiger partial charge on any atom is 0.242 e. The van der Waals surface area contributed by atoms with Gasteiger partial charge < -0.3 is 29.7 Å². The number of aliphatic hydroxyl groups is 1. The zero-order valence-corrected chi connectivity index (χ0v) is 29.9. The van der Waals surface area contributed by atoms with E-state index >= 15 is 0 Å². The van der Waals surface area contributed by atoms with Crippen LogP contribution in [-0.2, 0) is 15.2 Å². The van der Waals surface area contributed by atoms with Crippen molar-refractivity contribution in [2.75, 3.05) is 44.1 Å². The molecular weight excluding hydrogens is 638 g/mol. The number of hydrogen-bond acceptors (Lipinski definition) is 7. The van der Waals surface area contributed by atoms with Gasteiger partial charge in [-0.3, -0.25) is 9.59 Å². The second-order valence-corrected chi connectivity index (χ2v) is 14.8. The second kappa shape index (κ2) is 13.9. The van der Waals surface area contributed by atoms with Crippen molar-refractivity contribution < 1.29 is 24.2 Å². The lowest BCUT2D eigenvalue weighted by Gasteiger charge is -2.43. The molecule has 0 spiro atoms. The number of allylic oxidation sites excluding steroid dienone is 1. The first-order valence-corrected chi connectivity index (χ1v) is 17.8. The number of amides is 1. The van der Waals surface area contributed by atoms with Crippen molar-refractivity contribution in [2.24, 2.45) is 11.3 Å². The van der Waals surface area contributed by atoms with Gasteiger partial charge in [0.1, 0.15) is 5.60 Å². The Morgan fingerprint density at radius 1 is 0.843 bits per heavy atom. The molecule has 0 saturated carbocycles. The molecule has 0 bridgehead atoms. The van der Waals surface area contributed by atoms with Gasteiger partial charge in [0.15, 0.2) is 17.3 Å². The lowest BCUT2D eigenvalue weighted by molar-refractivity contribution is -0.132. The molecule has 0 radical (unpaired) electrons. The van der Waals surface area contributed by atoms with E-state index in [1.165, 1.54) is 0 Å². The predicted molar refractivity (Wildman–Crippen MR) is 200 cm³/mol. The first kappa shape index (κ1) is 34.4. The average Bonchev–Trinajstić information content (AvgIpc) is 3.28. The Morgan fingerprint density at radius 3 is 2.08 bits per heavy atom. The minimum Gasteiger partial charge on any atom is -0.493 e. The van der Waals surface area contributed by atoms with Crippen molar-refractivity contribution in [1.82, 2.24) is 4.90 Å². The lowest BCUT2D eigenvalue weighted by atomic mass is 9.72. The van der Waals surface area contributed by atoms with Crippen LogP contribution in [0.5, 0.6) is 11.5 Å². The fraction of sp³-hybridized carbons (Fsp3) is 0.349. The molecule has 1 fully saturated rings. The summed E-state index contributed by atoms with van der Waals surface area (Å²) in [6.07, 6.45) is 2.40. The predicted octanol–water partition coefficient (Wildman–Crippen LogP) is 7.49. The van der Waals surface area contributed by atoms with Gasteiger partial charge in [-0.25, -0.2) is 0 Å². The van der Waals surface area contributed by atoms with E-state index < -0.39 is 11.6 Å². The molecule has 3 aliphatic rings. The minimum atomic E-state index is -1.18. The smallest absolute Gasteiger partial charge is 0.242 e. The Labute approximate surface area is 300 Å². The molecule has 1 amide bonds. The molecule has 1 unspecified atom stereocenters. The highest BCUT2D eigenvalue weighted by Gasteiger charge is 2.44. The second-order valence-electron chi connectivity index (χ2n) is 14.8. The SMILES string of the molecule is COc1ccc(C2C3=C(CC(C)(C)CC3=O)Nc3ccccc3N2CC(=O)N2CCC(C(O)(c3ccccc3)c3ccccc3)CC2)cc1OC. The number of nitrogens with zero attached hydrogens (tertiary/aromatic N) is 2. The van der Waals surface area contributed by atoms with Gasteiger partial charge in [0.05, 0.1) is 38.2 Å². The molecule has 1 aliphatic carbocycles. The van der Waals surface area contributed by atoms with Crippen LogP contribution in [0.25, 0.3) is 0 Å². The third-order valence-corrected chi connectivity index (χ3v) is 10.9. The molecule has 1 atom stereocenters. The van der Waals surface area contributed by atoms with E-state index in [0.29, 0.717) is 55.8 Å². The van der Waals surface area contributed by atoms with Gasteiger partial charge in [-0.05, 0) is 71.6 Å². The van der Waals surface area contributed by atoms with Gasteiger partial charge in [-0.1, -0.05) is 92.7 Å². The molecule has 0 aromatic heterocycles. The third-order valence-electron chi connectivity index (χ3n) is 10.9. The van der Waals surface area contributed by atoms with E-state index in [1.807, 2.05) is 108 Å². The summed E-state index contributed by atoms with van der Waals surface area (Å²) in [5.74, 6) is 1.12. The van der Waals surface area contributed by atoms with Gasteiger partial charge in [-0.2, -0.15) is 0 Å². The van der Waals surface area contributed by atoms with E-state index in [0.717, 1.165) is 33.8 Å². The highest BCUT2D eigenvalue weighted by molar-refractivity contribution is 6.02. The van der Waals surface area contributed by atoms with E-state index in [9.17, 15) is 14.7 Å². The average molecular weight is 686 g/mol. The maximum absolute atomic E-state index is 14.5. The Morgan fingerprint density at radius 2 is 1.45 bits per heavy atom. The number of carbonyl (C=O) groups excluding carboxylic acids is 2. The van der Waals surface area contributed by atoms with Crippen LogP contribution in [0.15, 0.2) is 114 Å². The van der Waals surface area contributed by atoms with E-state index in [2.05, 4.69) is 24.1 Å². The van der Waals surface area contributed by atoms with Crippen LogP contribution in [0.2, 0.25) is 0 Å². The zero-order chi connectivity index (χ0) is 35.8. The van der Waals surface area contributed by atoms with Gasteiger partial charge in [-0.15, -0.1) is 0 Å². The number of ether oxygens (including phenoxy) is 2. The number of Topliss-reactive ketones (excluding diaryl/α,β-unsaturated/α-hetero) is 1. The molecule has 4 aromatic rings. The van der Waals surface area contributed by atoms with Crippen molar-refractivity contribution in [3.63, 3.8) is 0 Å². The standard InChI is InChI=1S/C43H47N3O5/c1-42(2)26-34-40(36(47)27-42)41(29-19-20-37(50-3)38(25-29)51-4)46(35-18-12-11-17-33(35)44-34)28-39(48)45-23-21-32(22-24-45)43(49,30-13-7-5-8-14-30)31-15-9-6-10-16-31/h5-20,25,32,41,44,49H,21-24,26-28H2,1-4H3. The Hall–Kier alpha value is -5.08. The Balaban J connectivity index is 1.23. The van der Waals surface area contributed by atoms with E-state index in [-0.39, 0.29) is 29.6 Å². The fourth-order valence-corrected chi connectivity index (χ4v) is 8.41. The zero-order valence-electron chi connectivity index (χ0n) is 29.9. The summed E-state index contributed by atoms with van der Waals surface area (Å²) in [5.41, 5.74) is 4.45. The fourth-order valence-electron chi connectivity index (χ4n) is 8.41. The molecule has 7 rings (SSSR count). The van der Waals surface area contributed by atoms with Crippen molar-refractivity contribution in [3.05, 3.63) is 131 Å². The Kier molecular flexibility index (Phi) is 9.38. The molecule has 2 aliphatic heterocycles. The molecular formula is C43H47N3O5. The summed E-state index contributed by atoms with van der Waals surface area (Å²) in [7, 11) is 3.21. The number of hydrogen-bond donors (Lipinski definition) is 2. The number of benzene rings is 4. The van der Waals surface area contributed by atoms with E-state index in [4.69, 9.17) is 9.47 Å². The summed E-state index contributed by atoms with van der Waals surface area (Å²) in [5, 5.41) is 16.1. The number of methoxy groups -OCH3 is 2. The summed E-state index contributed by atoms with van der Waals surface area (Å²) in [6.45, 7) is 5.35. The van der Waals surface area contributed by atoms with Crippen LogP contribution in [0, 0.1) is 11.3 Å². The largest absolute Gasteiger partial charge is 0.493 e. The molecule has 51 heavy (non-hydrogen) atoms. The topological polar surface area (TPSA) is 91.3 Å². The molecule has 8 heteroatoms. The monoisotopic (exact) mass is 685 g/mol. The van der Waals surface area contributed by atoms with Gasteiger partial charge in [0.25, 0.3) is 0 Å². The first-order chi connectivity index (χ1) is 24.6. The number of likely N-dealkylation sites (tertiary alicyclic amines) is 1. The van der Waals surface area contributed by atoms with Crippen LogP contribution in [-0.4, -0.2) is 55.6 Å². The molecule has 2 N–H and O–H groups in total.